The van der Waals surface area contributed by atoms with Gasteiger partial charge in [0.1, 0.15) is 0 Å². The Hall–Kier alpha value is -3.69. The van der Waals surface area contributed by atoms with Gasteiger partial charge in [0.2, 0.25) is 0 Å². The van der Waals surface area contributed by atoms with Gasteiger partial charge in [-0.2, -0.15) is 0 Å². The molecule has 0 unspecified atom stereocenters. The van der Waals surface area contributed by atoms with E-state index >= 15 is 0 Å². The molecule has 0 aliphatic carbocycles. The number of benzene rings is 3. The van der Waals surface area contributed by atoms with Crippen molar-refractivity contribution in [2.45, 2.75) is 75.6 Å². The summed E-state index contributed by atoms with van der Waals surface area (Å²) in [5.74, 6) is 0.387. The fourth-order valence-electron chi connectivity index (χ4n) is 6.05. The number of alkyl halides is 1. The highest BCUT2D eigenvalue weighted by Crippen LogP contribution is 2.22. The number of likely N-dealkylation sites (tertiary alicyclic amines) is 2. The molecule has 3 aromatic rings. The molecule has 3 fully saturated rings. The number of non-ortho nitro benzene ring substituents is 2. The number of aliphatic hydroxyl groups is 3. The lowest BCUT2D eigenvalue weighted by Crippen LogP contribution is -2.31. The number of anilines is 1. The van der Waals surface area contributed by atoms with Gasteiger partial charge in [0, 0.05) is 67.0 Å². The van der Waals surface area contributed by atoms with Gasteiger partial charge in [0.05, 0.1) is 29.7 Å². The zero-order valence-electron chi connectivity index (χ0n) is 28.5. The fraction of sp³-hybridized carbons (Fsp3) is 0.500. The zero-order valence-corrected chi connectivity index (χ0v) is 29.2. The van der Waals surface area contributed by atoms with E-state index in [9.17, 15) is 30.4 Å². The second-order valence-electron chi connectivity index (χ2n) is 12.6. The van der Waals surface area contributed by atoms with Crippen LogP contribution in [-0.2, 0) is 19.0 Å². The fourth-order valence-corrected chi connectivity index (χ4v) is 6.23. The summed E-state index contributed by atoms with van der Waals surface area (Å²) >= 11 is 5.49. The van der Waals surface area contributed by atoms with E-state index in [1.54, 1.807) is 24.3 Å². The Morgan fingerprint density at radius 3 is 1.46 bits per heavy atom. The van der Waals surface area contributed by atoms with Crippen molar-refractivity contribution in [3.05, 3.63) is 110 Å². The first kappa shape index (κ1) is 40.7. The number of nitro groups is 2. The monoisotopic (exact) mass is 714 g/mol. The Labute approximate surface area is 299 Å². The number of nitrogens with two attached hydrogens (primary N) is 1. The number of nitrogen functional groups attached to an aromatic ring is 1. The van der Waals surface area contributed by atoms with Crippen LogP contribution >= 0.6 is 11.6 Å². The van der Waals surface area contributed by atoms with Gasteiger partial charge < -0.3 is 26.4 Å². The van der Waals surface area contributed by atoms with E-state index in [1.165, 1.54) is 42.7 Å². The molecule has 50 heavy (non-hydrogen) atoms. The average molecular weight is 715 g/mol. The van der Waals surface area contributed by atoms with Crippen molar-refractivity contribution in [3.63, 3.8) is 0 Å². The molecule has 0 aromatic heterocycles. The van der Waals surface area contributed by atoms with Crippen LogP contribution in [0.5, 0.6) is 0 Å². The third-order valence-electron chi connectivity index (χ3n) is 9.00. The first-order chi connectivity index (χ1) is 24.2. The first-order valence-electron chi connectivity index (χ1n) is 17.1. The van der Waals surface area contributed by atoms with Crippen molar-refractivity contribution < 1.29 is 25.2 Å². The van der Waals surface area contributed by atoms with Gasteiger partial charge in [-0.1, -0.05) is 36.4 Å². The van der Waals surface area contributed by atoms with Gasteiger partial charge in [-0.3, -0.25) is 30.0 Å². The minimum absolute atomic E-state index is 0.0962. The minimum Gasteiger partial charge on any atom is -0.399 e. The molecule has 6 N–H and O–H groups in total. The minimum atomic E-state index is -0.433. The van der Waals surface area contributed by atoms with Crippen LogP contribution in [-0.4, -0.2) is 92.5 Å². The SMILES string of the molecule is Nc1ccc(CN2CCC[C@H]2CO)cc1.O=[N+]([O-])c1ccc(CCl)cc1.O=[N+]([O-])c1ccc(CN2CCC[C@H]2CO)cc1.OC[C@@H]1CCCN1. The number of aliphatic hydroxyl groups excluding tert-OH is 3. The molecule has 3 aliphatic heterocycles. The maximum absolute atomic E-state index is 10.5. The van der Waals surface area contributed by atoms with Crippen LogP contribution in [0.25, 0.3) is 0 Å². The van der Waals surface area contributed by atoms with Gasteiger partial charge in [-0.05, 0) is 87.0 Å². The summed E-state index contributed by atoms with van der Waals surface area (Å²) in [7, 11) is 0. The molecule has 0 spiro atoms. The molecule has 0 saturated carbocycles. The summed E-state index contributed by atoms with van der Waals surface area (Å²) < 4.78 is 0. The molecule has 274 valence electrons. The van der Waals surface area contributed by atoms with Crippen LogP contribution in [0.3, 0.4) is 0 Å². The number of halogens is 1. The molecule has 0 radical (unpaired) electrons. The van der Waals surface area contributed by atoms with Gasteiger partial charge in [0.25, 0.3) is 11.4 Å². The molecule has 0 bridgehead atoms. The van der Waals surface area contributed by atoms with Crippen LogP contribution in [0.4, 0.5) is 17.1 Å². The van der Waals surface area contributed by atoms with E-state index in [4.69, 9.17) is 22.4 Å². The molecule has 3 atom stereocenters. The standard InChI is InChI=1S/C12H16N2O3.C12H18N2O.C7H6ClNO2.C5H11NO/c15-9-12-2-1-7-13(12)8-10-3-5-11(6-4-10)14(16)17;13-11-5-3-10(4-6-11)8-14-7-1-2-12(14)9-15;8-5-6-1-3-7(4-2-6)9(10)11;7-4-5-2-1-3-6-5/h3-6,12,15H,1-2,7-9H2;3-6,12,15H,1-2,7-9,13H2;1-4H,5H2;5-7H,1-4H2/t2*12-;;5-/m00.0/s1. The third-order valence-corrected chi connectivity index (χ3v) is 9.31. The van der Waals surface area contributed by atoms with Crippen LogP contribution < -0.4 is 11.1 Å². The lowest BCUT2D eigenvalue weighted by Gasteiger charge is -2.22. The van der Waals surface area contributed by atoms with Gasteiger partial charge in [0.15, 0.2) is 0 Å². The molecule has 3 saturated heterocycles. The highest BCUT2D eigenvalue weighted by molar-refractivity contribution is 6.17. The zero-order chi connectivity index (χ0) is 36.3. The highest BCUT2D eigenvalue weighted by atomic mass is 35.5. The van der Waals surface area contributed by atoms with Crippen molar-refractivity contribution in [1.82, 2.24) is 15.1 Å². The van der Waals surface area contributed by atoms with Gasteiger partial charge in [-0.15, -0.1) is 11.6 Å². The number of rotatable bonds is 10. The van der Waals surface area contributed by atoms with E-state index in [-0.39, 0.29) is 30.6 Å². The summed E-state index contributed by atoms with van der Waals surface area (Å²) in [6, 6.07) is 21.8. The summed E-state index contributed by atoms with van der Waals surface area (Å²) in [5.41, 5.74) is 9.86. The first-order valence-corrected chi connectivity index (χ1v) is 17.6. The van der Waals surface area contributed by atoms with Crippen molar-refractivity contribution in [3.8, 4) is 0 Å². The molecule has 0 amide bonds. The smallest absolute Gasteiger partial charge is 0.269 e. The molecule has 3 aliphatic rings. The number of hydrogen-bond donors (Lipinski definition) is 5. The second kappa shape index (κ2) is 22.2. The van der Waals surface area contributed by atoms with E-state index < -0.39 is 9.85 Å². The number of nitro benzene ring substituents is 2. The van der Waals surface area contributed by atoms with E-state index in [0.29, 0.717) is 24.6 Å². The molecular weight excluding hydrogens is 664 g/mol. The lowest BCUT2D eigenvalue weighted by atomic mass is 10.2. The summed E-state index contributed by atoms with van der Waals surface area (Å²) in [4.78, 5) is 24.4. The lowest BCUT2D eigenvalue weighted by molar-refractivity contribution is -0.385. The molecule has 13 nitrogen and oxygen atoms in total. The predicted octanol–water partition coefficient (Wildman–Crippen LogP) is 4.84. The number of hydrogen-bond acceptors (Lipinski definition) is 11. The summed E-state index contributed by atoms with van der Waals surface area (Å²) in [6.07, 6.45) is 6.83. The Morgan fingerprint density at radius 2 is 1.12 bits per heavy atom. The Kier molecular flexibility index (Phi) is 18.1. The quantitative estimate of drug-likeness (QED) is 0.0836. The largest absolute Gasteiger partial charge is 0.399 e. The number of nitrogens with zero attached hydrogens (tertiary/aromatic N) is 4. The topological polar surface area (TPSA) is 192 Å². The van der Waals surface area contributed by atoms with Crippen LogP contribution in [0, 0.1) is 20.2 Å². The second-order valence-corrected chi connectivity index (χ2v) is 12.9. The molecule has 3 heterocycles. The van der Waals surface area contributed by atoms with Crippen LogP contribution in [0.15, 0.2) is 72.8 Å². The Morgan fingerprint density at radius 1 is 0.680 bits per heavy atom. The normalized spacial score (nSPS) is 20.1. The Balaban J connectivity index is 0.000000188. The average Bonchev–Trinajstić information content (AvgIpc) is 3.93. The van der Waals surface area contributed by atoms with Gasteiger partial charge in [-0.25, -0.2) is 0 Å². The highest BCUT2D eigenvalue weighted by Gasteiger charge is 2.24. The summed E-state index contributed by atoms with van der Waals surface area (Å²) in [6.45, 7) is 5.61. The third kappa shape index (κ3) is 13.9. The van der Waals surface area contributed by atoms with E-state index in [2.05, 4.69) is 27.2 Å². The van der Waals surface area contributed by atoms with Crippen molar-refractivity contribution >= 4 is 28.7 Å². The predicted molar refractivity (Wildman–Crippen MR) is 196 cm³/mol. The van der Waals surface area contributed by atoms with Crippen molar-refractivity contribution in [2.24, 2.45) is 0 Å². The van der Waals surface area contributed by atoms with E-state index in [0.717, 1.165) is 75.2 Å². The van der Waals surface area contributed by atoms with Crippen LogP contribution in [0.1, 0.15) is 55.2 Å². The molecular formula is C36H51ClN6O7. The maximum atomic E-state index is 10.5. The van der Waals surface area contributed by atoms with E-state index in [1.807, 2.05) is 12.1 Å². The van der Waals surface area contributed by atoms with Gasteiger partial charge >= 0.3 is 0 Å². The van der Waals surface area contributed by atoms with Crippen LogP contribution in [0.2, 0.25) is 0 Å². The van der Waals surface area contributed by atoms with Crippen molar-refractivity contribution in [2.75, 3.05) is 45.2 Å². The molecule has 14 heteroatoms. The van der Waals surface area contributed by atoms with Crippen molar-refractivity contribution in [1.29, 1.82) is 0 Å². The summed E-state index contributed by atoms with van der Waals surface area (Å²) in [5, 5.41) is 50.7. The Bertz CT molecular complexity index is 1410. The maximum Gasteiger partial charge on any atom is 0.269 e. The number of nitrogens with one attached hydrogen (secondary N) is 1. The molecule has 3 aromatic carbocycles. The molecule has 6 rings (SSSR count).